The monoisotopic (exact) mass is 732 g/mol. The molecule has 58 heavy (non-hydrogen) atoms. The molecule has 0 saturated carbocycles. The quantitative estimate of drug-likeness (QED) is 0.125. The van der Waals surface area contributed by atoms with Crippen LogP contribution in [-0.4, -0.2) is 0 Å². The molecular formula is C58H36. The second-order valence-corrected chi connectivity index (χ2v) is 13.5. The van der Waals surface area contributed by atoms with Crippen LogP contribution in [0.5, 0.6) is 0 Å². The lowest BCUT2D eigenvalue weighted by Gasteiger charge is -2.18. The normalized spacial score (nSPS) is 9.86. The lowest BCUT2D eigenvalue weighted by molar-refractivity contribution is 1.48. The summed E-state index contributed by atoms with van der Waals surface area (Å²) in [6.45, 7) is 0. The van der Waals surface area contributed by atoms with E-state index in [9.17, 15) is 0 Å². The van der Waals surface area contributed by atoms with Crippen LogP contribution in [0, 0.1) is 47.4 Å². The van der Waals surface area contributed by atoms with E-state index in [0.29, 0.717) is 0 Å². The van der Waals surface area contributed by atoms with Crippen LogP contribution >= 0.6 is 0 Å². The van der Waals surface area contributed by atoms with E-state index in [1.165, 1.54) is 0 Å². The van der Waals surface area contributed by atoms with Crippen molar-refractivity contribution in [2.24, 2.45) is 0 Å². The third kappa shape index (κ3) is 9.69. The average Bonchev–Trinajstić information content (AvgIpc) is 3.30. The molecule has 0 heterocycles. The van der Waals surface area contributed by atoms with Crippen molar-refractivity contribution in [3.63, 3.8) is 0 Å². The number of rotatable bonds is 4. The van der Waals surface area contributed by atoms with Crippen molar-refractivity contribution in [2.75, 3.05) is 0 Å². The van der Waals surface area contributed by atoms with Gasteiger partial charge in [-0.3, -0.25) is 0 Å². The van der Waals surface area contributed by atoms with Crippen molar-refractivity contribution in [2.45, 2.75) is 0 Å². The molecule has 0 bridgehead atoms. The van der Waals surface area contributed by atoms with Gasteiger partial charge in [0.25, 0.3) is 0 Å². The van der Waals surface area contributed by atoms with Crippen LogP contribution in [-0.2, 0) is 0 Å². The third-order valence-electron chi connectivity index (χ3n) is 9.44. The molecule has 8 rings (SSSR count). The second kappa shape index (κ2) is 18.4. The average molecular weight is 733 g/mol. The summed E-state index contributed by atoms with van der Waals surface area (Å²) in [4.78, 5) is 0. The Balaban J connectivity index is 1.26. The van der Waals surface area contributed by atoms with E-state index in [1.54, 1.807) is 0 Å². The summed E-state index contributed by atoms with van der Waals surface area (Å²) in [6.07, 6.45) is 0. The fourth-order valence-corrected chi connectivity index (χ4v) is 6.45. The second-order valence-electron chi connectivity index (χ2n) is 13.5. The highest BCUT2D eigenvalue weighted by Gasteiger charge is 2.17. The standard InChI is InChI=1S/C58H36/c1-5-13-45(14-6-1)21-25-49-29-37-53(38-30-49)57(54-39-31-50(32-40-54)26-22-46-15-7-2-8-16-46)58(55-41-33-51(34-42-55)27-23-47-17-9-3-10-18-47)56-43-35-52(36-44-56)28-24-48-19-11-4-12-20-48/h1-20,29-44H. The minimum atomic E-state index is 0.947. The molecule has 0 aliphatic rings. The first kappa shape index (κ1) is 36.7. The van der Waals surface area contributed by atoms with E-state index in [-0.39, 0.29) is 0 Å². The summed E-state index contributed by atoms with van der Waals surface area (Å²) in [5.41, 5.74) is 14.2. The molecule has 0 atom stereocenters. The van der Waals surface area contributed by atoms with Crippen molar-refractivity contribution in [1.29, 1.82) is 0 Å². The van der Waals surface area contributed by atoms with Crippen molar-refractivity contribution >= 4 is 11.1 Å². The Kier molecular flexibility index (Phi) is 11.6. The van der Waals surface area contributed by atoms with Crippen molar-refractivity contribution < 1.29 is 0 Å². The van der Waals surface area contributed by atoms with Gasteiger partial charge < -0.3 is 0 Å². The fourth-order valence-electron chi connectivity index (χ4n) is 6.45. The van der Waals surface area contributed by atoms with Crippen molar-refractivity contribution in [3.8, 4) is 47.4 Å². The summed E-state index contributed by atoms with van der Waals surface area (Å²) in [7, 11) is 0. The molecule has 0 aliphatic heterocycles. The maximum absolute atomic E-state index is 3.35. The van der Waals surface area contributed by atoms with Gasteiger partial charge in [-0.15, -0.1) is 0 Å². The molecule has 0 fully saturated rings. The summed E-state index contributed by atoms with van der Waals surface area (Å²) < 4.78 is 0. The van der Waals surface area contributed by atoms with Crippen molar-refractivity contribution in [3.05, 3.63) is 285 Å². The van der Waals surface area contributed by atoms with Gasteiger partial charge in [0.1, 0.15) is 0 Å². The van der Waals surface area contributed by atoms with Gasteiger partial charge in [0.15, 0.2) is 0 Å². The lowest BCUT2D eigenvalue weighted by atomic mass is 9.85. The van der Waals surface area contributed by atoms with Crippen LogP contribution in [0.2, 0.25) is 0 Å². The Morgan fingerprint density at radius 3 is 0.500 bits per heavy atom. The van der Waals surface area contributed by atoms with Crippen molar-refractivity contribution in [1.82, 2.24) is 0 Å². The maximum Gasteiger partial charge on any atom is 0.0249 e. The molecule has 0 amide bonds. The smallest absolute Gasteiger partial charge is 0.0249 e. The summed E-state index contributed by atoms with van der Waals surface area (Å²) >= 11 is 0. The predicted octanol–water partition coefficient (Wildman–Crippen LogP) is 12.3. The highest BCUT2D eigenvalue weighted by atomic mass is 14.2. The topological polar surface area (TPSA) is 0 Å². The van der Waals surface area contributed by atoms with E-state index in [2.05, 4.69) is 144 Å². The number of hydrogen-bond donors (Lipinski definition) is 0. The largest absolute Gasteiger partial charge is 0.0622 e. The van der Waals surface area contributed by atoms with Gasteiger partial charge >= 0.3 is 0 Å². The summed E-state index contributed by atoms with van der Waals surface area (Å²) in [5.74, 6) is 26.6. The first-order chi connectivity index (χ1) is 28.7. The van der Waals surface area contributed by atoms with E-state index < -0.39 is 0 Å². The van der Waals surface area contributed by atoms with Crippen LogP contribution in [0.1, 0.15) is 66.8 Å². The first-order valence-corrected chi connectivity index (χ1v) is 19.2. The zero-order chi connectivity index (χ0) is 39.2. The minimum Gasteiger partial charge on any atom is -0.0622 e. The Labute approximate surface area is 342 Å². The molecule has 0 unspecified atom stereocenters. The lowest BCUT2D eigenvalue weighted by Crippen LogP contribution is -1.98. The van der Waals surface area contributed by atoms with Gasteiger partial charge in [0.2, 0.25) is 0 Å². The van der Waals surface area contributed by atoms with Gasteiger partial charge in [-0.05, 0) is 130 Å². The first-order valence-electron chi connectivity index (χ1n) is 19.2. The SMILES string of the molecule is C(#Cc1ccc(C(=C(c2ccc(C#Cc3ccccc3)cc2)c2ccc(C#Cc3ccccc3)cc2)c2ccc(C#Cc3ccccc3)cc2)cc1)c1ccccc1. The van der Waals surface area contributed by atoms with Crippen LogP contribution in [0.4, 0.5) is 0 Å². The van der Waals surface area contributed by atoms with Gasteiger partial charge in [-0.25, -0.2) is 0 Å². The summed E-state index contributed by atoms with van der Waals surface area (Å²) in [5, 5.41) is 0. The minimum absolute atomic E-state index is 0.947. The molecule has 0 aliphatic carbocycles. The summed E-state index contributed by atoms with van der Waals surface area (Å²) in [6, 6.07) is 74.5. The number of hydrogen-bond acceptors (Lipinski definition) is 0. The molecule has 0 aromatic heterocycles. The van der Waals surface area contributed by atoms with Gasteiger partial charge in [0.05, 0.1) is 0 Å². The molecule has 8 aromatic carbocycles. The van der Waals surface area contributed by atoms with Crippen LogP contribution in [0.3, 0.4) is 0 Å². The zero-order valence-corrected chi connectivity index (χ0v) is 31.8. The molecule has 0 radical (unpaired) electrons. The highest BCUT2D eigenvalue weighted by Crippen LogP contribution is 2.37. The Morgan fingerprint density at radius 2 is 0.328 bits per heavy atom. The zero-order valence-electron chi connectivity index (χ0n) is 31.8. The van der Waals surface area contributed by atoms with E-state index in [4.69, 9.17) is 0 Å². The molecule has 268 valence electrons. The van der Waals surface area contributed by atoms with Gasteiger partial charge in [-0.2, -0.15) is 0 Å². The number of benzene rings is 8. The Morgan fingerprint density at radius 1 is 0.172 bits per heavy atom. The van der Waals surface area contributed by atoms with E-state index >= 15 is 0 Å². The van der Waals surface area contributed by atoms with Gasteiger partial charge in [-0.1, -0.05) is 169 Å². The van der Waals surface area contributed by atoms with Crippen LogP contribution in [0.25, 0.3) is 11.1 Å². The molecule has 8 aromatic rings. The molecular weight excluding hydrogens is 697 g/mol. The Hall–Kier alpha value is -8.26. The van der Waals surface area contributed by atoms with Crippen LogP contribution in [0.15, 0.2) is 218 Å². The predicted molar refractivity (Wildman–Crippen MR) is 240 cm³/mol. The van der Waals surface area contributed by atoms with E-state index in [0.717, 1.165) is 77.9 Å². The maximum atomic E-state index is 3.35. The van der Waals surface area contributed by atoms with E-state index in [1.807, 2.05) is 121 Å². The Bertz CT molecular complexity index is 2490. The molecule has 0 saturated heterocycles. The molecule has 0 N–H and O–H groups in total. The van der Waals surface area contributed by atoms with Gasteiger partial charge in [0, 0.05) is 44.5 Å². The molecule has 0 heteroatoms. The third-order valence-corrected chi connectivity index (χ3v) is 9.44. The molecule has 0 nitrogen and oxygen atoms in total. The fraction of sp³-hybridized carbons (Fsp3) is 0. The van der Waals surface area contributed by atoms with Crippen LogP contribution < -0.4 is 0 Å². The molecule has 0 spiro atoms. The highest BCUT2D eigenvalue weighted by molar-refractivity contribution is 6.04.